The molecule has 6 aromatic rings. The Kier molecular flexibility index (Phi) is 2.78. The van der Waals surface area contributed by atoms with Crippen LogP contribution < -0.4 is 4.90 Å². The molecule has 0 fully saturated rings. The summed E-state index contributed by atoms with van der Waals surface area (Å²) in [5, 5.41) is 6.56. The molecule has 2 aliphatic rings. The number of aromatic nitrogens is 1. The largest absolute Gasteiger partial charge is 0.347 e. The van der Waals surface area contributed by atoms with Crippen molar-refractivity contribution in [1.82, 2.24) is 4.40 Å². The molecule has 31 heavy (non-hydrogen) atoms. The number of hydrogen-bond donors (Lipinski definition) is 0. The van der Waals surface area contributed by atoms with Gasteiger partial charge in [0.25, 0.3) is 0 Å². The summed E-state index contributed by atoms with van der Waals surface area (Å²) < 4.78 is 5.14. The van der Waals surface area contributed by atoms with Crippen molar-refractivity contribution in [3.05, 3.63) is 78.9 Å². The second-order valence-electron chi connectivity index (χ2n) is 8.51. The van der Waals surface area contributed by atoms with E-state index in [1.165, 1.54) is 53.2 Å². The van der Waals surface area contributed by atoms with E-state index in [-0.39, 0.29) is 6.04 Å². The Hall–Kier alpha value is -3.63. The highest BCUT2D eigenvalue weighted by molar-refractivity contribution is 7.25. The molecule has 0 amide bonds. The van der Waals surface area contributed by atoms with Gasteiger partial charge in [-0.2, -0.15) is 0 Å². The fraction of sp³-hybridized carbons (Fsp3) is 0.0741. The van der Waals surface area contributed by atoms with E-state index in [4.69, 9.17) is 4.99 Å². The van der Waals surface area contributed by atoms with Gasteiger partial charge in [-0.3, -0.25) is 4.40 Å². The van der Waals surface area contributed by atoms with E-state index in [0.29, 0.717) is 0 Å². The minimum absolute atomic E-state index is 0.179. The highest BCUT2D eigenvalue weighted by Crippen LogP contribution is 2.49. The summed E-state index contributed by atoms with van der Waals surface area (Å²) in [4.78, 5) is 7.51. The molecule has 0 N–H and O–H groups in total. The number of allylic oxidation sites excluding steroid dienone is 2. The molecule has 4 heterocycles. The third-order valence-corrected chi connectivity index (χ3v) is 8.06. The van der Waals surface area contributed by atoms with Crippen LogP contribution in [0, 0.1) is 0 Å². The molecular formula is C27H17N3S. The van der Waals surface area contributed by atoms with Gasteiger partial charge in [-0.1, -0.05) is 54.6 Å². The van der Waals surface area contributed by atoms with Crippen LogP contribution in [0.15, 0.2) is 83.9 Å². The Morgan fingerprint density at radius 3 is 2.68 bits per heavy atom. The number of likely N-dealkylation sites (N-methyl/N-ethyl adjacent to an activating group) is 1. The van der Waals surface area contributed by atoms with Crippen LogP contribution in [0.4, 0.5) is 11.5 Å². The maximum absolute atomic E-state index is 5.13. The van der Waals surface area contributed by atoms with E-state index in [2.05, 4.69) is 95.2 Å². The molecule has 8 rings (SSSR count). The van der Waals surface area contributed by atoms with Gasteiger partial charge in [0.2, 0.25) is 0 Å². The van der Waals surface area contributed by atoms with Crippen molar-refractivity contribution in [1.29, 1.82) is 0 Å². The molecule has 3 nitrogen and oxygen atoms in total. The topological polar surface area (TPSA) is 20.0 Å². The number of para-hydroxylation sites is 1. The molecule has 0 spiro atoms. The van der Waals surface area contributed by atoms with E-state index < -0.39 is 0 Å². The second kappa shape index (κ2) is 5.34. The first kappa shape index (κ1) is 16.1. The Morgan fingerprint density at radius 2 is 1.71 bits per heavy atom. The molecule has 3 aromatic carbocycles. The summed E-state index contributed by atoms with van der Waals surface area (Å²) >= 11 is 1.88. The molecular weight excluding hydrogens is 398 g/mol. The smallest absolute Gasteiger partial charge is 0.141 e. The molecule has 0 saturated heterocycles. The van der Waals surface area contributed by atoms with Gasteiger partial charge in [-0.25, -0.2) is 4.99 Å². The number of thiophene rings is 1. The third-order valence-electron chi connectivity index (χ3n) is 6.93. The first-order valence-electron chi connectivity index (χ1n) is 10.6. The second-order valence-corrected chi connectivity index (χ2v) is 9.59. The van der Waals surface area contributed by atoms with Crippen molar-refractivity contribution in [2.75, 3.05) is 11.9 Å². The van der Waals surface area contributed by atoms with Crippen LogP contribution in [0.2, 0.25) is 0 Å². The van der Waals surface area contributed by atoms with Crippen molar-refractivity contribution in [2.24, 2.45) is 4.99 Å². The molecule has 0 radical (unpaired) electrons. The van der Waals surface area contributed by atoms with Crippen LogP contribution >= 0.6 is 11.3 Å². The maximum Gasteiger partial charge on any atom is 0.141 e. The first-order valence-corrected chi connectivity index (χ1v) is 11.4. The number of fused-ring (bicyclic) bond motifs is 10. The van der Waals surface area contributed by atoms with E-state index in [1.54, 1.807) is 0 Å². The average Bonchev–Trinajstić information content (AvgIpc) is 3.44. The maximum atomic E-state index is 5.13. The van der Waals surface area contributed by atoms with Crippen LogP contribution in [-0.2, 0) is 0 Å². The van der Waals surface area contributed by atoms with E-state index >= 15 is 0 Å². The number of anilines is 1. The molecule has 146 valence electrons. The van der Waals surface area contributed by atoms with Crippen molar-refractivity contribution in [3.63, 3.8) is 0 Å². The first-order chi connectivity index (χ1) is 15.3. The molecule has 1 unspecified atom stereocenters. The van der Waals surface area contributed by atoms with Crippen LogP contribution in [-0.4, -0.2) is 23.2 Å². The lowest BCUT2D eigenvalue weighted by Crippen LogP contribution is -2.39. The lowest BCUT2D eigenvalue weighted by Gasteiger charge is -2.32. The van der Waals surface area contributed by atoms with Crippen LogP contribution in [0.5, 0.6) is 0 Å². The SMILES string of the molecule is CN1c2c(c3cccc4c5cc6c(cc5n2c34)sc2ccccc26)N=C2C=CC=CC21. The van der Waals surface area contributed by atoms with Gasteiger partial charge in [-0.05, 0) is 24.3 Å². The summed E-state index contributed by atoms with van der Waals surface area (Å²) in [6, 6.07) is 20.4. The Labute approximate surface area is 182 Å². The highest BCUT2D eigenvalue weighted by Gasteiger charge is 2.32. The van der Waals surface area contributed by atoms with Gasteiger partial charge in [-0.15, -0.1) is 11.3 Å². The fourth-order valence-corrected chi connectivity index (χ4v) is 6.69. The molecule has 3 aromatic heterocycles. The number of benzene rings is 3. The quantitative estimate of drug-likeness (QED) is 0.260. The zero-order valence-corrected chi connectivity index (χ0v) is 17.6. The van der Waals surface area contributed by atoms with Gasteiger partial charge < -0.3 is 4.90 Å². The summed E-state index contributed by atoms with van der Waals surface area (Å²) in [5.41, 5.74) is 4.76. The summed E-state index contributed by atoms with van der Waals surface area (Å²) in [7, 11) is 2.19. The summed E-state index contributed by atoms with van der Waals surface area (Å²) in [5.74, 6) is 1.19. The monoisotopic (exact) mass is 415 g/mol. The molecule has 4 heteroatoms. The minimum atomic E-state index is 0.179. The van der Waals surface area contributed by atoms with Gasteiger partial charge in [0.1, 0.15) is 11.5 Å². The lowest BCUT2D eigenvalue weighted by molar-refractivity contribution is 0.886. The third kappa shape index (κ3) is 1.84. The van der Waals surface area contributed by atoms with Crippen molar-refractivity contribution in [2.45, 2.75) is 6.04 Å². The van der Waals surface area contributed by atoms with Crippen molar-refractivity contribution in [3.8, 4) is 0 Å². The van der Waals surface area contributed by atoms with Gasteiger partial charge in [0.15, 0.2) is 0 Å². The van der Waals surface area contributed by atoms with Crippen LogP contribution in [0.1, 0.15) is 0 Å². The van der Waals surface area contributed by atoms with Gasteiger partial charge >= 0.3 is 0 Å². The highest BCUT2D eigenvalue weighted by atomic mass is 32.1. The van der Waals surface area contributed by atoms with Crippen molar-refractivity contribution >= 4 is 75.9 Å². The van der Waals surface area contributed by atoms with E-state index in [1.807, 2.05) is 11.3 Å². The predicted molar refractivity (Wildman–Crippen MR) is 134 cm³/mol. The van der Waals surface area contributed by atoms with E-state index in [9.17, 15) is 0 Å². The number of nitrogens with zero attached hydrogens (tertiary/aromatic N) is 3. The minimum Gasteiger partial charge on any atom is -0.347 e. The Bertz CT molecular complexity index is 1810. The standard InChI is InChI=1S/C27H17N3S/c1-29-21-11-4-3-10-20(21)28-25-17-9-6-8-16-18-13-19-15-7-2-5-12-23(15)31-24(19)14-22(18)30(26(16)17)27(25)29/h2-14,21H,1H3. The van der Waals surface area contributed by atoms with Crippen molar-refractivity contribution < 1.29 is 0 Å². The number of hydrogen-bond acceptors (Lipinski definition) is 3. The molecule has 1 atom stereocenters. The molecule has 0 saturated carbocycles. The summed E-state index contributed by atoms with van der Waals surface area (Å²) in [6.45, 7) is 0. The lowest BCUT2D eigenvalue weighted by atomic mass is 10.0. The number of rotatable bonds is 0. The summed E-state index contributed by atoms with van der Waals surface area (Å²) in [6.07, 6.45) is 8.58. The zero-order chi connectivity index (χ0) is 20.3. The van der Waals surface area contributed by atoms with Crippen LogP contribution in [0.25, 0.3) is 47.4 Å². The van der Waals surface area contributed by atoms with Gasteiger partial charge in [0.05, 0.1) is 22.8 Å². The fourth-order valence-electron chi connectivity index (χ4n) is 5.57. The van der Waals surface area contributed by atoms with Crippen LogP contribution in [0.3, 0.4) is 0 Å². The molecule has 0 bridgehead atoms. The normalized spacial score (nSPS) is 18.0. The Balaban J connectivity index is 1.59. The average molecular weight is 416 g/mol. The zero-order valence-electron chi connectivity index (χ0n) is 16.8. The van der Waals surface area contributed by atoms with Gasteiger partial charge in [0, 0.05) is 43.4 Å². The molecule has 1 aliphatic carbocycles. The Morgan fingerprint density at radius 1 is 0.839 bits per heavy atom. The predicted octanol–water partition coefficient (Wildman–Crippen LogP) is 7.07. The molecule has 1 aliphatic heterocycles. The van der Waals surface area contributed by atoms with E-state index in [0.717, 1.165) is 11.4 Å². The number of aliphatic imine (C=N–C) groups is 1.